The van der Waals surface area contributed by atoms with Gasteiger partial charge in [0.2, 0.25) is 5.91 Å². The molecule has 3 heteroatoms. The maximum Gasteiger partial charge on any atom is 0.220 e. The molecule has 0 aromatic heterocycles. The summed E-state index contributed by atoms with van der Waals surface area (Å²) in [6.07, 6.45) is 10.5. The fourth-order valence-electron chi connectivity index (χ4n) is 5.57. The van der Waals surface area contributed by atoms with Crippen molar-refractivity contribution in [2.24, 2.45) is 23.2 Å². The Kier molecular flexibility index (Phi) is 4.07. The Morgan fingerprint density at radius 2 is 1.70 bits per heavy atom. The number of hydrogen-bond acceptors (Lipinski definition) is 2. The van der Waals surface area contributed by atoms with Crippen molar-refractivity contribution in [2.75, 3.05) is 6.61 Å². The number of carbonyl (C=O) groups is 1. The quantitative estimate of drug-likeness (QED) is 0.735. The van der Waals surface area contributed by atoms with Crippen molar-refractivity contribution in [3.8, 4) is 0 Å². The molecule has 0 aromatic carbocycles. The molecule has 2 N–H and O–H groups in total. The van der Waals surface area contributed by atoms with Crippen LogP contribution in [-0.2, 0) is 4.79 Å². The lowest BCUT2D eigenvalue weighted by atomic mass is 9.48. The second kappa shape index (κ2) is 5.67. The lowest BCUT2D eigenvalue weighted by molar-refractivity contribution is -0.126. The number of aliphatic hydroxyl groups excluding tert-OH is 1. The third kappa shape index (κ3) is 2.74. The second-order valence-corrected chi connectivity index (χ2v) is 7.75. The monoisotopic (exact) mass is 279 g/mol. The smallest absolute Gasteiger partial charge is 0.220 e. The van der Waals surface area contributed by atoms with E-state index in [1.54, 1.807) is 0 Å². The van der Waals surface area contributed by atoms with Gasteiger partial charge in [-0.05, 0) is 81.5 Å². The molecule has 4 saturated carbocycles. The normalized spacial score (nSPS) is 39.8. The Morgan fingerprint density at radius 3 is 2.20 bits per heavy atom. The van der Waals surface area contributed by atoms with Crippen LogP contribution in [0.15, 0.2) is 0 Å². The van der Waals surface area contributed by atoms with E-state index in [0.717, 1.165) is 30.6 Å². The Morgan fingerprint density at radius 1 is 1.15 bits per heavy atom. The zero-order valence-corrected chi connectivity index (χ0v) is 12.7. The summed E-state index contributed by atoms with van der Waals surface area (Å²) in [6.45, 7) is 2.43. The third-order valence-corrected chi connectivity index (χ3v) is 6.19. The van der Waals surface area contributed by atoms with Crippen molar-refractivity contribution < 1.29 is 9.90 Å². The van der Waals surface area contributed by atoms with Gasteiger partial charge in [-0.15, -0.1) is 0 Å². The highest BCUT2D eigenvalue weighted by atomic mass is 16.3. The Balaban J connectivity index is 1.56. The Hall–Kier alpha value is -0.570. The van der Waals surface area contributed by atoms with Crippen LogP contribution in [-0.4, -0.2) is 23.7 Å². The molecule has 0 aliphatic heterocycles. The first-order valence-corrected chi connectivity index (χ1v) is 8.51. The molecule has 20 heavy (non-hydrogen) atoms. The largest absolute Gasteiger partial charge is 0.396 e. The van der Waals surface area contributed by atoms with Crippen molar-refractivity contribution >= 4 is 5.91 Å². The molecule has 4 rings (SSSR count). The van der Waals surface area contributed by atoms with Crippen LogP contribution >= 0.6 is 0 Å². The van der Waals surface area contributed by atoms with Gasteiger partial charge >= 0.3 is 0 Å². The fraction of sp³-hybridized carbons (Fsp3) is 0.941. The molecule has 4 aliphatic carbocycles. The van der Waals surface area contributed by atoms with Gasteiger partial charge in [-0.2, -0.15) is 0 Å². The summed E-state index contributed by atoms with van der Waals surface area (Å²) < 4.78 is 0. The summed E-state index contributed by atoms with van der Waals surface area (Å²) in [4.78, 5) is 12.0. The molecule has 0 radical (unpaired) electrons. The molecule has 0 aromatic rings. The predicted molar refractivity (Wildman–Crippen MR) is 79.1 cm³/mol. The standard InChI is InChI=1S/C17H29NO2/c1-12(18-16(20)4-2-3-5-19)17-9-13-6-14(10-17)8-15(7-13)11-17/h12-15,19H,2-11H2,1H3,(H,18,20). The summed E-state index contributed by atoms with van der Waals surface area (Å²) in [6, 6.07) is 0.331. The molecular formula is C17H29NO2. The lowest BCUT2D eigenvalue weighted by Gasteiger charge is -2.59. The molecular weight excluding hydrogens is 250 g/mol. The van der Waals surface area contributed by atoms with E-state index >= 15 is 0 Å². The Bertz CT molecular complexity index is 331. The van der Waals surface area contributed by atoms with Crippen LogP contribution in [0.1, 0.15) is 64.7 Å². The average molecular weight is 279 g/mol. The number of carbonyl (C=O) groups excluding carboxylic acids is 1. The van der Waals surface area contributed by atoms with Crippen LogP contribution in [0.2, 0.25) is 0 Å². The fourth-order valence-corrected chi connectivity index (χ4v) is 5.57. The second-order valence-electron chi connectivity index (χ2n) is 7.75. The van der Waals surface area contributed by atoms with Crippen LogP contribution in [0.25, 0.3) is 0 Å². The lowest BCUT2D eigenvalue weighted by Crippen LogP contribution is -2.55. The van der Waals surface area contributed by atoms with Gasteiger partial charge in [0.05, 0.1) is 0 Å². The minimum absolute atomic E-state index is 0.182. The van der Waals surface area contributed by atoms with E-state index in [2.05, 4.69) is 12.2 Å². The van der Waals surface area contributed by atoms with E-state index in [1.165, 1.54) is 38.5 Å². The molecule has 0 heterocycles. The van der Waals surface area contributed by atoms with E-state index in [-0.39, 0.29) is 12.5 Å². The molecule has 1 unspecified atom stereocenters. The van der Waals surface area contributed by atoms with Crippen LogP contribution in [0.3, 0.4) is 0 Å². The molecule has 1 amide bonds. The molecule has 0 spiro atoms. The number of nitrogens with one attached hydrogen (secondary N) is 1. The van der Waals surface area contributed by atoms with Crippen LogP contribution in [0, 0.1) is 23.2 Å². The van der Waals surface area contributed by atoms with Gasteiger partial charge in [-0.1, -0.05) is 0 Å². The maximum atomic E-state index is 12.0. The molecule has 3 nitrogen and oxygen atoms in total. The van der Waals surface area contributed by atoms with Crippen LogP contribution < -0.4 is 5.32 Å². The first-order chi connectivity index (χ1) is 9.61. The summed E-state index contributed by atoms with van der Waals surface area (Å²) in [5.41, 5.74) is 0.404. The number of hydrogen-bond donors (Lipinski definition) is 2. The van der Waals surface area contributed by atoms with E-state index in [0.29, 0.717) is 17.9 Å². The molecule has 4 aliphatic rings. The van der Waals surface area contributed by atoms with Crippen molar-refractivity contribution in [3.05, 3.63) is 0 Å². The van der Waals surface area contributed by atoms with Gasteiger partial charge in [0.1, 0.15) is 0 Å². The molecule has 1 atom stereocenters. The molecule has 4 bridgehead atoms. The maximum absolute atomic E-state index is 12.0. The first-order valence-electron chi connectivity index (χ1n) is 8.51. The Labute approximate surface area is 122 Å². The summed E-state index contributed by atoms with van der Waals surface area (Å²) in [7, 11) is 0. The molecule has 114 valence electrons. The van der Waals surface area contributed by atoms with E-state index < -0.39 is 0 Å². The van der Waals surface area contributed by atoms with Crippen molar-refractivity contribution in [1.29, 1.82) is 0 Å². The number of rotatable bonds is 6. The molecule has 4 fully saturated rings. The van der Waals surface area contributed by atoms with Gasteiger partial charge in [-0.25, -0.2) is 0 Å². The van der Waals surface area contributed by atoms with Crippen molar-refractivity contribution in [2.45, 2.75) is 70.8 Å². The van der Waals surface area contributed by atoms with Gasteiger partial charge < -0.3 is 10.4 Å². The topological polar surface area (TPSA) is 49.3 Å². The van der Waals surface area contributed by atoms with Crippen LogP contribution in [0.5, 0.6) is 0 Å². The van der Waals surface area contributed by atoms with Gasteiger partial charge in [0, 0.05) is 19.1 Å². The highest BCUT2D eigenvalue weighted by Gasteiger charge is 2.53. The van der Waals surface area contributed by atoms with Gasteiger partial charge in [0.15, 0.2) is 0 Å². The minimum atomic E-state index is 0.182. The zero-order chi connectivity index (χ0) is 14.2. The van der Waals surface area contributed by atoms with E-state index in [1.807, 2.05) is 0 Å². The summed E-state index contributed by atoms with van der Waals surface area (Å²) >= 11 is 0. The number of unbranched alkanes of at least 4 members (excludes halogenated alkanes) is 1. The van der Waals surface area contributed by atoms with Crippen molar-refractivity contribution in [3.63, 3.8) is 0 Å². The third-order valence-electron chi connectivity index (χ3n) is 6.19. The van der Waals surface area contributed by atoms with E-state index in [4.69, 9.17) is 5.11 Å². The predicted octanol–water partition coefficient (Wildman–Crippen LogP) is 2.87. The van der Waals surface area contributed by atoms with E-state index in [9.17, 15) is 4.79 Å². The van der Waals surface area contributed by atoms with Gasteiger partial charge in [-0.3, -0.25) is 4.79 Å². The average Bonchev–Trinajstić information content (AvgIpc) is 2.37. The summed E-state index contributed by atoms with van der Waals surface area (Å²) in [5.74, 6) is 3.00. The highest BCUT2D eigenvalue weighted by Crippen LogP contribution is 2.61. The van der Waals surface area contributed by atoms with Gasteiger partial charge in [0.25, 0.3) is 0 Å². The first kappa shape index (κ1) is 14.4. The summed E-state index contributed by atoms with van der Waals surface area (Å²) in [5, 5.41) is 12.1. The SMILES string of the molecule is CC(NC(=O)CCCCO)C12CC3CC(CC(C3)C1)C2. The van der Waals surface area contributed by atoms with Crippen LogP contribution in [0.4, 0.5) is 0 Å². The number of amides is 1. The zero-order valence-electron chi connectivity index (χ0n) is 12.7. The molecule has 0 saturated heterocycles. The number of aliphatic hydroxyl groups is 1. The van der Waals surface area contributed by atoms with Crippen molar-refractivity contribution in [1.82, 2.24) is 5.32 Å². The minimum Gasteiger partial charge on any atom is -0.396 e. The highest BCUT2D eigenvalue weighted by molar-refractivity contribution is 5.76.